The molecule has 1 aliphatic rings. The standard InChI is InChI=1S/C43H59N3O6SSi2/c1-41(2,3)54(8,9)50-30-36-35(52-55(10,11)42(4,5)6)28-38(51-36)46-29-37(53-27-26-47)39(44-40(46)48)45-43(31-18-14-12-15-19-31,32-20-16-13-17-21-32)33-22-24-34(49-7)25-23-33/h12-26,29,35-36,38H,27-28,30H2,1-11H3,(H,44,45,48)/t35-,36+,38-/m0/s1. The number of anilines is 1. The van der Waals surface area contributed by atoms with Gasteiger partial charge < -0.3 is 28.4 Å². The van der Waals surface area contributed by atoms with Crippen molar-refractivity contribution in [3.8, 4) is 5.75 Å². The Morgan fingerprint density at radius 2 is 1.40 bits per heavy atom. The van der Waals surface area contributed by atoms with Gasteiger partial charge in [-0.1, -0.05) is 114 Å². The molecule has 1 N–H and O–H groups in total. The number of rotatable bonds is 15. The van der Waals surface area contributed by atoms with Crippen LogP contribution in [0.4, 0.5) is 5.82 Å². The number of methoxy groups -OCH3 is 1. The highest BCUT2D eigenvalue weighted by Gasteiger charge is 2.47. The Morgan fingerprint density at radius 1 is 0.855 bits per heavy atom. The molecule has 1 fully saturated rings. The second kappa shape index (κ2) is 16.9. The average Bonchev–Trinajstić information content (AvgIpc) is 3.53. The van der Waals surface area contributed by atoms with Crippen molar-refractivity contribution in [2.45, 2.75) is 113 Å². The first-order valence-corrected chi connectivity index (χ1v) is 25.8. The van der Waals surface area contributed by atoms with Crippen LogP contribution in [-0.4, -0.2) is 64.1 Å². The van der Waals surface area contributed by atoms with Crippen molar-refractivity contribution in [3.05, 3.63) is 118 Å². The topological polar surface area (TPSA) is 101 Å². The summed E-state index contributed by atoms with van der Waals surface area (Å²) < 4.78 is 27.5. The maximum absolute atomic E-state index is 14.3. The minimum absolute atomic E-state index is 0.0197. The normalized spacial score (nSPS) is 18.3. The minimum atomic E-state index is -2.22. The van der Waals surface area contributed by atoms with Crippen molar-refractivity contribution in [1.29, 1.82) is 0 Å². The van der Waals surface area contributed by atoms with Crippen molar-refractivity contribution in [1.82, 2.24) is 9.55 Å². The van der Waals surface area contributed by atoms with Crippen molar-refractivity contribution < 1.29 is 23.1 Å². The third-order valence-electron chi connectivity index (χ3n) is 11.6. The molecule has 4 aromatic rings. The number of aromatic nitrogens is 2. The fraction of sp³-hybridized carbons (Fsp3) is 0.465. The van der Waals surface area contributed by atoms with Gasteiger partial charge in [0.15, 0.2) is 16.6 Å². The van der Waals surface area contributed by atoms with Gasteiger partial charge in [-0.2, -0.15) is 4.98 Å². The van der Waals surface area contributed by atoms with Gasteiger partial charge in [0, 0.05) is 12.6 Å². The molecule has 1 aromatic heterocycles. The second-order valence-corrected chi connectivity index (χ2v) is 27.9. The summed E-state index contributed by atoms with van der Waals surface area (Å²) >= 11 is 1.32. The molecule has 0 unspecified atom stereocenters. The first kappa shape index (κ1) is 42.6. The van der Waals surface area contributed by atoms with Crippen molar-refractivity contribution in [2.75, 3.05) is 24.8 Å². The van der Waals surface area contributed by atoms with Crippen molar-refractivity contribution in [2.24, 2.45) is 0 Å². The molecule has 55 heavy (non-hydrogen) atoms. The average molecular weight is 802 g/mol. The predicted octanol–water partition coefficient (Wildman–Crippen LogP) is 9.65. The van der Waals surface area contributed by atoms with E-state index in [4.69, 9.17) is 23.3 Å². The number of carbonyl (C=O) groups is 1. The van der Waals surface area contributed by atoms with Gasteiger partial charge in [0.2, 0.25) is 0 Å². The van der Waals surface area contributed by atoms with E-state index in [1.807, 2.05) is 60.7 Å². The summed E-state index contributed by atoms with van der Waals surface area (Å²) in [6.45, 7) is 22.7. The quantitative estimate of drug-likeness (QED) is 0.0545. The van der Waals surface area contributed by atoms with Crippen LogP contribution in [0, 0.1) is 0 Å². The van der Waals surface area contributed by atoms with Crippen LogP contribution in [0.25, 0.3) is 0 Å². The molecule has 0 saturated carbocycles. The molecular formula is C43H59N3O6SSi2. The van der Waals surface area contributed by atoms with Crippen LogP contribution in [0.2, 0.25) is 36.3 Å². The highest BCUT2D eigenvalue weighted by atomic mass is 32.2. The summed E-state index contributed by atoms with van der Waals surface area (Å²) in [6, 6.07) is 28.1. The summed E-state index contributed by atoms with van der Waals surface area (Å²) in [4.78, 5) is 31.5. The predicted molar refractivity (Wildman–Crippen MR) is 228 cm³/mol. The molecule has 0 amide bonds. The van der Waals surface area contributed by atoms with E-state index in [-0.39, 0.29) is 28.0 Å². The fourth-order valence-corrected chi connectivity index (χ4v) is 9.34. The highest BCUT2D eigenvalue weighted by molar-refractivity contribution is 8.00. The number of aldehydes is 1. The molecule has 3 aromatic carbocycles. The smallest absolute Gasteiger partial charge is 0.351 e. The van der Waals surface area contributed by atoms with Gasteiger partial charge in [-0.05, 0) is 65.1 Å². The molecule has 1 aliphatic heterocycles. The number of ether oxygens (including phenoxy) is 2. The zero-order valence-electron chi connectivity index (χ0n) is 34.3. The Kier molecular flexibility index (Phi) is 13.1. The molecular weight excluding hydrogens is 743 g/mol. The molecule has 0 spiro atoms. The Labute approximate surface area is 333 Å². The molecule has 296 valence electrons. The first-order chi connectivity index (χ1) is 25.8. The Hall–Kier alpha value is -3.53. The van der Waals surface area contributed by atoms with Crippen LogP contribution < -0.4 is 15.7 Å². The van der Waals surface area contributed by atoms with E-state index in [0.29, 0.717) is 23.7 Å². The summed E-state index contributed by atoms with van der Waals surface area (Å²) in [5.74, 6) is 1.26. The number of nitrogens with zero attached hydrogens (tertiary/aromatic N) is 2. The highest BCUT2D eigenvalue weighted by Crippen LogP contribution is 2.44. The van der Waals surface area contributed by atoms with E-state index in [0.717, 1.165) is 28.7 Å². The van der Waals surface area contributed by atoms with E-state index in [1.54, 1.807) is 17.9 Å². The first-order valence-electron chi connectivity index (χ1n) is 19.0. The molecule has 0 bridgehead atoms. The van der Waals surface area contributed by atoms with E-state index in [1.165, 1.54) is 11.8 Å². The Balaban J connectivity index is 1.61. The summed E-state index contributed by atoms with van der Waals surface area (Å²) in [6.07, 6.45) is 1.83. The Bertz CT molecular complexity index is 1900. The van der Waals surface area contributed by atoms with Gasteiger partial charge in [0.25, 0.3) is 0 Å². The van der Waals surface area contributed by atoms with Crippen LogP contribution in [0.5, 0.6) is 5.75 Å². The maximum atomic E-state index is 14.3. The van der Waals surface area contributed by atoms with Gasteiger partial charge in [0.1, 0.15) is 35.7 Å². The van der Waals surface area contributed by atoms with Crippen molar-refractivity contribution >= 4 is 40.5 Å². The number of nitrogens with one attached hydrogen (secondary N) is 1. The van der Waals surface area contributed by atoms with Crippen LogP contribution in [0.15, 0.2) is 101 Å². The third kappa shape index (κ3) is 9.38. The maximum Gasteiger partial charge on any atom is 0.351 e. The largest absolute Gasteiger partial charge is 0.497 e. The molecule has 5 rings (SSSR count). The summed E-state index contributed by atoms with van der Waals surface area (Å²) in [5.41, 5.74) is 1.35. The lowest BCUT2D eigenvalue weighted by Crippen LogP contribution is -2.48. The molecule has 2 heterocycles. The van der Waals surface area contributed by atoms with Gasteiger partial charge in [-0.15, -0.1) is 11.8 Å². The van der Waals surface area contributed by atoms with Crippen LogP contribution in [0.1, 0.15) is 70.9 Å². The minimum Gasteiger partial charge on any atom is -0.497 e. The molecule has 0 radical (unpaired) electrons. The van der Waals surface area contributed by atoms with E-state index < -0.39 is 34.1 Å². The van der Waals surface area contributed by atoms with Crippen molar-refractivity contribution in [3.63, 3.8) is 0 Å². The number of benzene rings is 3. The molecule has 0 aliphatic carbocycles. The molecule has 1 saturated heterocycles. The van der Waals surface area contributed by atoms with E-state index in [2.05, 4.69) is 97.3 Å². The van der Waals surface area contributed by atoms with E-state index in [9.17, 15) is 9.59 Å². The number of hydrogen-bond acceptors (Lipinski definition) is 9. The van der Waals surface area contributed by atoms with Gasteiger partial charge in [-0.25, -0.2) is 4.79 Å². The Morgan fingerprint density at radius 3 is 1.91 bits per heavy atom. The molecule has 3 atom stereocenters. The second-order valence-electron chi connectivity index (χ2n) is 17.3. The molecule has 9 nitrogen and oxygen atoms in total. The lowest BCUT2D eigenvalue weighted by molar-refractivity contribution is -0.105. The number of hydrogen-bond donors (Lipinski definition) is 1. The zero-order valence-corrected chi connectivity index (χ0v) is 37.2. The lowest BCUT2D eigenvalue weighted by Gasteiger charge is -2.40. The SMILES string of the molecule is COc1ccc(C(Nc2nc(=O)n([C@@H]3C[C@H](O[Si](C)(C)C(C)(C)C)[C@@H](CO[Si](C)(C)C(C)(C)C)O3)cc2SCC=O)(c2ccccc2)c2ccccc2)cc1. The molecule has 12 heteroatoms. The number of carbonyl (C=O) groups excluding carboxylic acids is 1. The fourth-order valence-electron chi connectivity index (χ4n) is 6.30. The monoisotopic (exact) mass is 801 g/mol. The summed E-state index contributed by atoms with van der Waals surface area (Å²) in [7, 11) is -2.69. The lowest BCUT2D eigenvalue weighted by atomic mass is 9.77. The summed E-state index contributed by atoms with van der Waals surface area (Å²) in [5, 5.41) is 3.76. The third-order valence-corrected chi connectivity index (χ3v) is 21.5. The van der Waals surface area contributed by atoms with Gasteiger partial charge in [-0.3, -0.25) is 4.57 Å². The number of thioether (sulfide) groups is 1. The van der Waals surface area contributed by atoms with Crippen LogP contribution in [0.3, 0.4) is 0 Å². The zero-order chi connectivity index (χ0) is 40.2. The van der Waals surface area contributed by atoms with Gasteiger partial charge >= 0.3 is 5.69 Å². The van der Waals surface area contributed by atoms with Crippen LogP contribution >= 0.6 is 11.8 Å². The van der Waals surface area contributed by atoms with Crippen LogP contribution in [-0.2, 0) is 23.9 Å². The van der Waals surface area contributed by atoms with Gasteiger partial charge in [0.05, 0.1) is 30.5 Å². The van der Waals surface area contributed by atoms with E-state index >= 15 is 0 Å².